The Morgan fingerprint density at radius 2 is 1.08 bits per heavy atom. The van der Waals surface area contributed by atoms with Gasteiger partial charge in [0.25, 0.3) is 17.7 Å². The lowest BCUT2D eigenvalue weighted by Crippen LogP contribution is -2.35. The molecule has 0 aliphatic carbocycles. The molecule has 0 saturated carbocycles. The zero-order valence-corrected chi connectivity index (χ0v) is 45.6. The molecule has 16 nitrogen and oxygen atoms in total. The van der Waals surface area contributed by atoms with Crippen LogP contribution in [0.2, 0.25) is 0 Å². The fourth-order valence-corrected chi connectivity index (χ4v) is 6.76. The van der Waals surface area contributed by atoms with Gasteiger partial charge in [-0.05, 0) is 78.7 Å². The van der Waals surface area contributed by atoms with Crippen LogP contribution in [0.4, 0.5) is 5.69 Å². The molecular weight excluding hydrogens is 1220 g/mol. The molecule has 354 valence electrons. The summed E-state index contributed by atoms with van der Waals surface area (Å²) in [6.07, 6.45) is 1.09. The molecule has 0 saturated heterocycles. The number of aryl methyl sites for hydroxylation is 1. The van der Waals surface area contributed by atoms with Crippen molar-refractivity contribution in [3.05, 3.63) is 137 Å². The standard InChI is InChI=1S/C15H18N4O2.C13H13N3O2.C9H12O.C7H8BrN3O.BBr3.HI.H2/c1-18(12-3-5-13(21-2)6-4-12)10-11-9-14-15(20)16-7-8-19(14)17-11;17-13-12-8-10(15-16(12)7-6-14-13)9-18-11-4-2-1-3-5-11;1-3-8-4-6-9(10-2)7-5-8;8-4-5-3-6-7(12)9-1-2-11(6)10-5;2-1(3)4;;/h3-6,9H,7-8,10H2,1-2H3,(H,16,20);1-5,8H,6-7,9H2,(H,14,17);4-7H,3H2,1-2H3;3H,1-2,4H2,(H,9,12);;2*1H. The number of nitrogens with one attached hydrogen (secondary N) is 3. The van der Waals surface area contributed by atoms with E-state index in [9.17, 15) is 14.4 Å². The smallest absolute Gasteiger partial charge is 0.369 e. The van der Waals surface area contributed by atoms with Gasteiger partial charge in [-0.2, -0.15) is 15.3 Å². The van der Waals surface area contributed by atoms with Gasteiger partial charge in [0, 0.05) is 39.1 Å². The summed E-state index contributed by atoms with van der Waals surface area (Å²) in [6.45, 7) is 7.33. The molecule has 66 heavy (non-hydrogen) atoms. The second-order valence-corrected chi connectivity index (χ2v) is 21.2. The number of alkyl halides is 1. The summed E-state index contributed by atoms with van der Waals surface area (Å²) >= 11 is 12.6. The third-order valence-electron chi connectivity index (χ3n) is 9.76. The number of fused-ring (bicyclic) bond motifs is 3. The predicted molar refractivity (Wildman–Crippen MR) is 285 cm³/mol. The number of hydrogen-bond donors (Lipinski definition) is 3. The van der Waals surface area contributed by atoms with Gasteiger partial charge in [0.05, 0.1) is 51.8 Å². The maximum absolute atomic E-state index is 11.7. The van der Waals surface area contributed by atoms with Gasteiger partial charge in [-0.1, -0.05) is 53.2 Å². The minimum atomic E-state index is -0.0697. The van der Waals surface area contributed by atoms with Gasteiger partial charge in [0.1, 0.15) is 46.6 Å². The second kappa shape index (κ2) is 28.1. The van der Waals surface area contributed by atoms with E-state index in [1.807, 2.05) is 85.9 Å². The first-order valence-corrected chi connectivity index (χ1v) is 24.5. The van der Waals surface area contributed by atoms with E-state index in [0.717, 1.165) is 59.5 Å². The minimum Gasteiger partial charge on any atom is -0.497 e. The van der Waals surface area contributed by atoms with Crippen molar-refractivity contribution in [2.75, 3.05) is 45.8 Å². The largest absolute Gasteiger partial charge is 0.497 e. The molecule has 6 heterocycles. The van der Waals surface area contributed by atoms with Crippen molar-refractivity contribution < 1.29 is 30.0 Å². The Hall–Kier alpha value is -4.39. The van der Waals surface area contributed by atoms with E-state index in [4.69, 9.17) is 14.2 Å². The van der Waals surface area contributed by atoms with Crippen LogP contribution in [0.1, 0.15) is 62.5 Å². The number of carbonyl (C=O) groups is 3. The average Bonchev–Trinajstić information content (AvgIpc) is 4.07. The molecule has 3 aliphatic rings. The van der Waals surface area contributed by atoms with Crippen molar-refractivity contribution in [1.82, 2.24) is 45.3 Å². The summed E-state index contributed by atoms with van der Waals surface area (Å²) in [6, 6.07) is 31.0. The number of amides is 3. The van der Waals surface area contributed by atoms with Gasteiger partial charge in [0.15, 0.2) is 0 Å². The van der Waals surface area contributed by atoms with Crippen molar-refractivity contribution in [1.29, 1.82) is 0 Å². The quantitative estimate of drug-likeness (QED) is 0.0689. The molecule has 3 aliphatic heterocycles. The van der Waals surface area contributed by atoms with E-state index in [2.05, 4.69) is 118 Å². The minimum absolute atomic E-state index is 0. The molecule has 6 aromatic rings. The predicted octanol–water partition coefficient (Wildman–Crippen LogP) is 8.28. The lowest BCUT2D eigenvalue weighted by Gasteiger charge is -2.18. The summed E-state index contributed by atoms with van der Waals surface area (Å²) < 4.78 is 21.3. The zero-order valence-electron chi connectivity index (χ0n) is 36.9. The highest BCUT2D eigenvalue weighted by atomic mass is 127. The maximum atomic E-state index is 11.7. The van der Waals surface area contributed by atoms with Crippen LogP contribution in [0.25, 0.3) is 0 Å². The normalized spacial score (nSPS) is 12.8. The van der Waals surface area contributed by atoms with Gasteiger partial charge in [0.2, 0.25) is 0 Å². The van der Waals surface area contributed by atoms with E-state index in [1.54, 1.807) is 34.3 Å². The molecule has 0 spiro atoms. The Morgan fingerprint density at radius 3 is 1.52 bits per heavy atom. The number of benzene rings is 3. The summed E-state index contributed by atoms with van der Waals surface area (Å²) in [5.74, 6) is 2.42. The van der Waals surface area contributed by atoms with Crippen molar-refractivity contribution >= 4 is 114 Å². The fourth-order valence-electron chi connectivity index (χ4n) is 6.49. The first-order chi connectivity index (χ1) is 31.4. The van der Waals surface area contributed by atoms with Crippen molar-refractivity contribution in [3.8, 4) is 17.2 Å². The number of anilines is 1. The van der Waals surface area contributed by atoms with Crippen LogP contribution in [0.15, 0.2) is 97.1 Å². The van der Waals surface area contributed by atoms with Crippen LogP contribution in [0.3, 0.4) is 0 Å². The maximum Gasteiger partial charge on any atom is 0.369 e. The van der Waals surface area contributed by atoms with Crippen LogP contribution in [0, 0.1) is 0 Å². The van der Waals surface area contributed by atoms with Crippen molar-refractivity contribution in [3.63, 3.8) is 0 Å². The Morgan fingerprint density at radius 1 is 0.652 bits per heavy atom. The number of carbonyl (C=O) groups excluding carboxylic acids is 3. The van der Waals surface area contributed by atoms with E-state index in [0.29, 0.717) is 61.7 Å². The third kappa shape index (κ3) is 16.7. The van der Waals surface area contributed by atoms with Crippen LogP contribution in [0.5, 0.6) is 17.2 Å². The number of methoxy groups -OCH3 is 2. The highest BCUT2D eigenvalue weighted by molar-refractivity contribution is 14.0. The van der Waals surface area contributed by atoms with Gasteiger partial charge >= 0.3 is 3.18 Å². The molecule has 0 unspecified atom stereocenters. The summed E-state index contributed by atoms with van der Waals surface area (Å²) in [7, 11) is 5.33. The Labute approximate surface area is 436 Å². The number of rotatable bonds is 10. The van der Waals surface area contributed by atoms with Crippen LogP contribution in [-0.2, 0) is 44.5 Å². The van der Waals surface area contributed by atoms with Gasteiger partial charge < -0.3 is 35.1 Å². The third-order valence-corrected chi connectivity index (χ3v) is 10.3. The molecule has 3 aromatic heterocycles. The SMILES string of the molecule is BrB(Br)Br.CCc1ccc(OC)cc1.COc1ccc(N(C)Cc2cc3n(n2)CCNC3=O)cc1.I.O=C1NCCn2nc(CBr)cc21.O=C1NCCn2nc(COc3ccccc3)cc21.[HH]. The summed E-state index contributed by atoms with van der Waals surface area (Å²) in [4.78, 5) is 36.6. The number of nitrogens with zero attached hydrogens (tertiary/aromatic N) is 7. The molecular formula is C44H54BBr4IN10O6. The molecule has 0 atom stereocenters. The number of para-hydroxylation sites is 1. The summed E-state index contributed by atoms with van der Waals surface area (Å²) in [5, 5.41) is 22.1. The van der Waals surface area contributed by atoms with Crippen molar-refractivity contribution in [2.24, 2.45) is 0 Å². The molecule has 9 rings (SSSR count). The molecule has 0 bridgehead atoms. The first-order valence-electron chi connectivity index (χ1n) is 20.6. The fraction of sp³-hybridized carbons (Fsp3) is 0.318. The zero-order chi connectivity index (χ0) is 46.7. The highest BCUT2D eigenvalue weighted by Crippen LogP contribution is 2.21. The highest BCUT2D eigenvalue weighted by Gasteiger charge is 2.21. The lowest BCUT2D eigenvalue weighted by molar-refractivity contribution is 0.0916. The van der Waals surface area contributed by atoms with Crippen LogP contribution in [-0.4, -0.2) is 91.1 Å². The molecule has 3 amide bonds. The molecule has 22 heteroatoms. The van der Waals surface area contributed by atoms with Gasteiger partial charge in [-0.15, -0.1) is 71.2 Å². The second-order valence-electron chi connectivity index (χ2n) is 14.2. The molecule has 3 N–H and O–H groups in total. The monoisotopic (exact) mass is 1270 g/mol. The molecule has 3 aromatic carbocycles. The number of halogens is 5. The van der Waals surface area contributed by atoms with E-state index in [1.165, 1.54) is 5.56 Å². The number of ether oxygens (including phenoxy) is 3. The van der Waals surface area contributed by atoms with E-state index < -0.39 is 0 Å². The van der Waals surface area contributed by atoms with E-state index in [-0.39, 0.29) is 46.3 Å². The van der Waals surface area contributed by atoms with Gasteiger partial charge in [-0.25, -0.2) is 0 Å². The molecule has 0 fully saturated rings. The Kier molecular flexibility index (Phi) is 23.1. The number of hydrogen-bond acceptors (Lipinski definition) is 10. The average molecular weight is 1280 g/mol. The lowest BCUT2D eigenvalue weighted by atomic mass is 10.2. The molecule has 0 radical (unpaired) electrons. The Bertz CT molecular complexity index is 2420. The van der Waals surface area contributed by atoms with Gasteiger partial charge in [-0.3, -0.25) is 28.4 Å². The summed E-state index contributed by atoms with van der Waals surface area (Å²) in [5.41, 5.74) is 6.89. The van der Waals surface area contributed by atoms with E-state index >= 15 is 0 Å². The Balaban J connectivity index is 0.000000236. The van der Waals surface area contributed by atoms with Crippen molar-refractivity contribution in [2.45, 2.75) is 51.5 Å². The number of aromatic nitrogens is 6. The van der Waals surface area contributed by atoms with Crippen LogP contribution < -0.4 is 35.1 Å². The van der Waals surface area contributed by atoms with Crippen LogP contribution >= 0.6 is 87.2 Å². The topological polar surface area (TPSA) is 172 Å². The first kappa shape index (κ1) is 54.2.